The standard InChI is InChI=1S/C15H17N3O2/c1-10(2)9-20-15-12-5-4-8-18(12)14-11(16-15)6-7-13(17-14)19-3/h4-8,10H,9H2,1-3H3. The molecule has 0 saturated heterocycles. The summed E-state index contributed by atoms with van der Waals surface area (Å²) in [5.74, 6) is 1.67. The second kappa shape index (κ2) is 5.00. The number of ether oxygens (including phenoxy) is 2. The number of methoxy groups -OCH3 is 1. The van der Waals surface area contributed by atoms with Crippen LogP contribution in [0.2, 0.25) is 0 Å². The van der Waals surface area contributed by atoms with Crippen LogP contribution in [0.5, 0.6) is 11.8 Å². The van der Waals surface area contributed by atoms with Gasteiger partial charge >= 0.3 is 0 Å². The van der Waals surface area contributed by atoms with Gasteiger partial charge in [-0.3, -0.25) is 4.40 Å². The Bertz CT molecular complexity index is 749. The lowest BCUT2D eigenvalue weighted by Crippen LogP contribution is -2.07. The third-order valence-corrected chi connectivity index (χ3v) is 3.01. The highest BCUT2D eigenvalue weighted by Gasteiger charge is 2.11. The predicted molar refractivity (Wildman–Crippen MR) is 77.4 cm³/mol. The van der Waals surface area contributed by atoms with Gasteiger partial charge in [-0.2, -0.15) is 4.98 Å². The van der Waals surface area contributed by atoms with Gasteiger partial charge in [0.2, 0.25) is 11.8 Å². The molecule has 0 spiro atoms. The molecule has 3 rings (SSSR count). The van der Waals surface area contributed by atoms with Gasteiger partial charge in [-0.15, -0.1) is 0 Å². The molecule has 0 aliphatic rings. The van der Waals surface area contributed by atoms with Gasteiger partial charge in [-0.05, 0) is 24.1 Å². The zero-order valence-corrected chi connectivity index (χ0v) is 11.8. The minimum absolute atomic E-state index is 0.455. The van der Waals surface area contributed by atoms with E-state index < -0.39 is 0 Å². The van der Waals surface area contributed by atoms with Crippen LogP contribution < -0.4 is 9.47 Å². The van der Waals surface area contributed by atoms with Crippen LogP contribution in [0.25, 0.3) is 16.7 Å². The monoisotopic (exact) mass is 271 g/mol. The van der Waals surface area contributed by atoms with Crippen LogP contribution in [0.4, 0.5) is 0 Å². The highest BCUT2D eigenvalue weighted by molar-refractivity contribution is 5.78. The summed E-state index contributed by atoms with van der Waals surface area (Å²) in [4.78, 5) is 9.01. The lowest BCUT2D eigenvalue weighted by molar-refractivity contribution is 0.264. The first-order valence-corrected chi connectivity index (χ1v) is 6.63. The maximum Gasteiger partial charge on any atom is 0.239 e. The Morgan fingerprint density at radius 2 is 2.05 bits per heavy atom. The molecule has 5 heteroatoms. The molecule has 0 aliphatic carbocycles. The van der Waals surface area contributed by atoms with Gasteiger partial charge in [0, 0.05) is 12.3 Å². The molecule has 0 saturated carbocycles. The van der Waals surface area contributed by atoms with Crippen molar-refractivity contribution in [1.29, 1.82) is 0 Å². The van der Waals surface area contributed by atoms with E-state index in [-0.39, 0.29) is 0 Å². The van der Waals surface area contributed by atoms with Crippen molar-refractivity contribution in [2.24, 2.45) is 5.92 Å². The third-order valence-electron chi connectivity index (χ3n) is 3.01. The smallest absolute Gasteiger partial charge is 0.239 e. The van der Waals surface area contributed by atoms with Gasteiger partial charge in [0.25, 0.3) is 0 Å². The van der Waals surface area contributed by atoms with E-state index in [4.69, 9.17) is 9.47 Å². The fourth-order valence-electron chi connectivity index (χ4n) is 2.06. The van der Waals surface area contributed by atoms with Crippen molar-refractivity contribution in [3.05, 3.63) is 30.5 Å². The Hall–Kier alpha value is -2.30. The number of fused-ring (bicyclic) bond motifs is 3. The van der Waals surface area contributed by atoms with E-state index in [9.17, 15) is 0 Å². The fraction of sp³-hybridized carbons (Fsp3) is 0.333. The van der Waals surface area contributed by atoms with Crippen LogP contribution in [-0.4, -0.2) is 28.1 Å². The molecule has 0 atom stereocenters. The summed E-state index contributed by atoms with van der Waals surface area (Å²) in [6, 6.07) is 7.63. The van der Waals surface area contributed by atoms with E-state index in [1.807, 2.05) is 28.8 Å². The van der Waals surface area contributed by atoms with Gasteiger partial charge in [0.05, 0.1) is 13.7 Å². The minimum Gasteiger partial charge on any atom is -0.481 e. The summed E-state index contributed by atoms with van der Waals surface area (Å²) in [5.41, 5.74) is 2.47. The van der Waals surface area contributed by atoms with Crippen molar-refractivity contribution in [1.82, 2.24) is 14.4 Å². The second-order valence-electron chi connectivity index (χ2n) is 5.08. The highest BCUT2D eigenvalue weighted by Crippen LogP contribution is 2.24. The average molecular weight is 271 g/mol. The fourth-order valence-corrected chi connectivity index (χ4v) is 2.06. The van der Waals surface area contributed by atoms with Crippen LogP contribution in [0, 0.1) is 5.92 Å². The summed E-state index contributed by atoms with van der Waals surface area (Å²) in [5, 5.41) is 0. The molecular formula is C15H17N3O2. The number of hydrogen-bond donors (Lipinski definition) is 0. The Labute approximate surface area is 117 Å². The van der Waals surface area contributed by atoms with E-state index in [0.717, 1.165) is 16.7 Å². The average Bonchev–Trinajstić information content (AvgIpc) is 2.94. The molecule has 0 amide bonds. The summed E-state index contributed by atoms with van der Waals surface area (Å²) in [7, 11) is 1.61. The van der Waals surface area contributed by atoms with Crippen LogP contribution >= 0.6 is 0 Å². The third kappa shape index (κ3) is 2.15. The van der Waals surface area contributed by atoms with Crippen molar-refractivity contribution in [2.75, 3.05) is 13.7 Å². The first-order valence-electron chi connectivity index (χ1n) is 6.63. The minimum atomic E-state index is 0.455. The van der Waals surface area contributed by atoms with E-state index in [1.54, 1.807) is 13.2 Å². The summed E-state index contributed by atoms with van der Waals surface area (Å²) in [6.07, 6.45) is 1.95. The van der Waals surface area contributed by atoms with Crippen molar-refractivity contribution < 1.29 is 9.47 Å². The molecule has 0 radical (unpaired) electrons. The lowest BCUT2D eigenvalue weighted by atomic mass is 10.2. The van der Waals surface area contributed by atoms with Crippen LogP contribution in [0.1, 0.15) is 13.8 Å². The second-order valence-corrected chi connectivity index (χ2v) is 5.08. The molecule has 0 fully saturated rings. The number of hydrogen-bond acceptors (Lipinski definition) is 4. The lowest BCUT2D eigenvalue weighted by Gasteiger charge is -2.11. The number of nitrogens with zero attached hydrogens (tertiary/aromatic N) is 3. The quantitative estimate of drug-likeness (QED) is 0.732. The van der Waals surface area contributed by atoms with Crippen molar-refractivity contribution in [2.45, 2.75) is 13.8 Å². The predicted octanol–water partition coefficient (Wildman–Crippen LogP) is 2.93. The molecule has 3 heterocycles. The van der Waals surface area contributed by atoms with E-state index in [0.29, 0.717) is 24.3 Å². The van der Waals surface area contributed by atoms with Gasteiger partial charge in [0.15, 0.2) is 5.65 Å². The molecule has 3 aromatic rings. The van der Waals surface area contributed by atoms with Crippen molar-refractivity contribution in [3.8, 4) is 11.8 Å². The molecular weight excluding hydrogens is 254 g/mol. The number of pyridine rings is 1. The maximum atomic E-state index is 5.81. The van der Waals surface area contributed by atoms with E-state index in [1.165, 1.54) is 0 Å². The van der Waals surface area contributed by atoms with Gasteiger partial charge < -0.3 is 9.47 Å². The zero-order valence-electron chi connectivity index (χ0n) is 11.8. The molecule has 3 aromatic heterocycles. The molecule has 104 valence electrons. The Balaban J connectivity index is 2.18. The van der Waals surface area contributed by atoms with Crippen LogP contribution in [0.15, 0.2) is 30.5 Å². The Kier molecular flexibility index (Phi) is 3.18. The van der Waals surface area contributed by atoms with Crippen LogP contribution in [-0.2, 0) is 0 Å². The number of rotatable bonds is 4. The maximum absolute atomic E-state index is 5.81. The summed E-state index contributed by atoms with van der Waals surface area (Å²) < 4.78 is 13.0. The molecule has 0 unspecified atom stereocenters. The number of aromatic nitrogens is 3. The highest BCUT2D eigenvalue weighted by atomic mass is 16.5. The molecule has 20 heavy (non-hydrogen) atoms. The van der Waals surface area contributed by atoms with E-state index >= 15 is 0 Å². The normalized spacial score (nSPS) is 11.4. The van der Waals surface area contributed by atoms with Gasteiger partial charge in [0.1, 0.15) is 11.0 Å². The van der Waals surface area contributed by atoms with Crippen molar-refractivity contribution >= 4 is 16.7 Å². The van der Waals surface area contributed by atoms with Crippen LogP contribution in [0.3, 0.4) is 0 Å². The molecule has 5 nitrogen and oxygen atoms in total. The van der Waals surface area contributed by atoms with Gasteiger partial charge in [-0.1, -0.05) is 13.8 Å². The molecule has 0 N–H and O–H groups in total. The SMILES string of the molecule is COc1ccc2nc(OCC(C)C)c3cccn3c2n1. The molecule has 0 aromatic carbocycles. The first-order chi connectivity index (χ1) is 9.69. The largest absolute Gasteiger partial charge is 0.481 e. The van der Waals surface area contributed by atoms with E-state index in [2.05, 4.69) is 23.8 Å². The van der Waals surface area contributed by atoms with Gasteiger partial charge in [-0.25, -0.2) is 4.98 Å². The Morgan fingerprint density at radius 3 is 2.80 bits per heavy atom. The summed E-state index contributed by atoms with van der Waals surface area (Å²) >= 11 is 0. The molecule has 0 aliphatic heterocycles. The Morgan fingerprint density at radius 1 is 1.20 bits per heavy atom. The zero-order chi connectivity index (χ0) is 14.1. The topological polar surface area (TPSA) is 48.7 Å². The summed E-state index contributed by atoms with van der Waals surface area (Å²) in [6.45, 7) is 4.87. The first kappa shape index (κ1) is 12.7. The van der Waals surface area contributed by atoms with Crippen molar-refractivity contribution in [3.63, 3.8) is 0 Å². The molecule has 0 bridgehead atoms.